The summed E-state index contributed by atoms with van der Waals surface area (Å²) < 4.78 is 6.54. The summed E-state index contributed by atoms with van der Waals surface area (Å²) in [6.07, 6.45) is 0.697. The number of carbonyl (C=O) groups excluding carboxylic acids is 1. The third kappa shape index (κ3) is 4.82. The van der Waals surface area contributed by atoms with E-state index in [1.54, 1.807) is 17.0 Å². The van der Waals surface area contributed by atoms with Gasteiger partial charge < -0.3 is 9.64 Å². The van der Waals surface area contributed by atoms with E-state index in [-0.39, 0.29) is 6.09 Å². The lowest BCUT2D eigenvalue weighted by atomic mass is 10.2. The van der Waals surface area contributed by atoms with Gasteiger partial charge in [0.1, 0.15) is 5.75 Å². The molecule has 0 atom stereocenters. The number of hydrogen-bond acceptors (Lipinski definition) is 3. The molecule has 2 aromatic carbocycles. The van der Waals surface area contributed by atoms with Crippen molar-refractivity contribution in [2.75, 3.05) is 26.2 Å². The van der Waals surface area contributed by atoms with Crippen LogP contribution in [0.3, 0.4) is 0 Å². The summed E-state index contributed by atoms with van der Waals surface area (Å²) in [5.41, 5.74) is 1.28. The van der Waals surface area contributed by atoms with Gasteiger partial charge in [-0.25, -0.2) is 4.79 Å². The third-order valence-corrected chi connectivity index (χ3v) is 4.58. The van der Waals surface area contributed by atoms with Gasteiger partial charge in [0, 0.05) is 37.2 Å². The second-order valence-corrected chi connectivity index (χ2v) is 6.84. The number of carbonyl (C=O) groups is 1. The standard InChI is InChI=1S/C19H21BrN2O2/c20-17-7-4-6-16(14-17)15-21-10-5-11-22(13-12-21)19(23)24-18-8-2-1-3-9-18/h1-4,6-9,14H,5,10-13,15H2. The summed E-state index contributed by atoms with van der Waals surface area (Å²) in [6, 6.07) is 17.6. The van der Waals surface area contributed by atoms with Gasteiger partial charge in [0.25, 0.3) is 0 Å². The fourth-order valence-electron chi connectivity index (χ4n) is 2.86. The normalized spacial score (nSPS) is 15.8. The minimum Gasteiger partial charge on any atom is -0.410 e. The summed E-state index contributed by atoms with van der Waals surface area (Å²) >= 11 is 3.51. The molecule has 0 radical (unpaired) electrons. The van der Waals surface area contributed by atoms with E-state index in [1.807, 2.05) is 24.3 Å². The van der Waals surface area contributed by atoms with Crippen molar-refractivity contribution in [2.24, 2.45) is 0 Å². The van der Waals surface area contributed by atoms with Crippen LogP contribution in [0.4, 0.5) is 4.79 Å². The summed E-state index contributed by atoms with van der Waals surface area (Å²) in [4.78, 5) is 16.5. The molecule has 0 aromatic heterocycles. The Hall–Kier alpha value is -1.85. The molecule has 0 aliphatic carbocycles. The van der Waals surface area contributed by atoms with Gasteiger partial charge >= 0.3 is 6.09 Å². The van der Waals surface area contributed by atoms with Gasteiger partial charge in [0.05, 0.1) is 0 Å². The van der Waals surface area contributed by atoms with Gasteiger partial charge in [-0.15, -0.1) is 0 Å². The molecule has 0 spiro atoms. The van der Waals surface area contributed by atoms with Crippen LogP contribution in [0.2, 0.25) is 0 Å². The summed E-state index contributed by atoms with van der Waals surface area (Å²) in [7, 11) is 0. The van der Waals surface area contributed by atoms with E-state index >= 15 is 0 Å². The summed E-state index contributed by atoms with van der Waals surface area (Å²) in [5.74, 6) is 0.595. The number of para-hydroxylation sites is 1. The van der Waals surface area contributed by atoms with E-state index in [9.17, 15) is 4.79 Å². The fourth-order valence-corrected chi connectivity index (χ4v) is 3.31. The molecule has 0 unspecified atom stereocenters. The molecule has 1 saturated heterocycles. The molecule has 0 bridgehead atoms. The number of hydrogen-bond donors (Lipinski definition) is 0. The lowest BCUT2D eigenvalue weighted by molar-refractivity contribution is 0.153. The Kier molecular flexibility index (Phi) is 5.88. The zero-order chi connectivity index (χ0) is 16.8. The molecule has 1 fully saturated rings. The number of nitrogens with zero attached hydrogens (tertiary/aromatic N) is 2. The van der Waals surface area contributed by atoms with Gasteiger partial charge in [-0.05, 0) is 36.2 Å². The molecule has 24 heavy (non-hydrogen) atoms. The molecular weight excluding hydrogens is 368 g/mol. The number of ether oxygens (including phenoxy) is 1. The maximum atomic E-state index is 12.3. The van der Waals surface area contributed by atoms with Crippen molar-refractivity contribution in [3.63, 3.8) is 0 Å². The van der Waals surface area contributed by atoms with Crippen molar-refractivity contribution in [3.05, 3.63) is 64.6 Å². The molecule has 4 nitrogen and oxygen atoms in total. The lowest BCUT2D eigenvalue weighted by Crippen LogP contribution is -2.36. The molecule has 1 aliphatic rings. The predicted octanol–water partition coefficient (Wildman–Crippen LogP) is 4.16. The molecule has 126 valence electrons. The van der Waals surface area contributed by atoms with E-state index < -0.39 is 0 Å². The zero-order valence-corrected chi connectivity index (χ0v) is 15.1. The van der Waals surface area contributed by atoms with Crippen LogP contribution in [0.1, 0.15) is 12.0 Å². The highest BCUT2D eigenvalue weighted by Gasteiger charge is 2.20. The van der Waals surface area contributed by atoms with E-state index in [0.29, 0.717) is 12.3 Å². The first-order valence-electron chi connectivity index (χ1n) is 8.19. The predicted molar refractivity (Wildman–Crippen MR) is 98.1 cm³/mol. The molecular formula is C19H21BrN2O2. The van der Waals surface area contributed by atoms with Crippen LogP contribution in [0.25, 0.3) is 0 Å². The molecule has 2 aromatic rings. The van der Waals surface area contributed by atoms with Crippen LogP contribution in [0.15, 0.2) is 59.1 Å². The molecule has 0 saturated carbocycles. The number of benzene rings is 2. The second-order valence-electron chi connectivity index (χ2n) is 5.93. The molecule has 1 heterocycles. The van der Waals surface area contributed by atoms with Crippen molar-refractivity contribution in [2.45, 2.75) is 13.0 Å². The van der Waals surface area contributed by atoms with Gasteiger partial charge in [-0.3, -0.25) is 4.90 Å². The van der Waals surface area contributed by atoms with Crippen molar-refractivity contribution >= 4 is 22.0 Å². The minimum absolute atomic E-state index is 0.259. The largest absolute Gasteiger partial charge is 0.415 e. The second kappa shape index (κ2) is 8.31. The fraction of sp³-hybridized carbons (Fsp3) is 0.316. The number of amides is 1. The molecule has 5 heteroatoms. The zero-order valence-electron chi connectivity index (χ0n) is 13.5. The Balaban J connectivity index is 1.54. The van der Waals surface area contributed by atoms with Crippen LogP contribution in [0, 0.1) is 0 Å². The van der Waals surface area contributed by atoms with Crippen molar-refractivity contribution < 1.29 is 9.53 Å². The molecule has 0 N–H and O–H groups in total. The van der Waals surface area contributed by atoms with Crippen LogP contribution >= 0.6 is 15.9 Å². The van der Waals surface area contributed by atoms with Crippen molar-refractivity contribution in [1.82, 2.24) is 9.80 Å². The number of rotatable bonds is 3. The highest BCUT2D eigenvalue weighted by molar-refractivity contribution is 9.10. The Bertz CT molecular complexity index is 678. The summed E-state index contributed by atoms with van der Waals surface area (Å²) in [6.45, 7) is 4.18. The van der Waals surface area contributed by atoms with Gasteiger partial charge in [-0.1, -0.05) is 46.3 Å². The van der Waals surface area contributed by atoms with E-state index in [0.717, 1.165) is 37.1 Å². The van der Waals surface area contributed by atoms with Crippen molar-refractivity contribution in [3.8, 4) is 5.75 Å². The van der Waals surface area contributed by atoms with E-state index in [2.05, 4.69) is 39.0 Å². The average molecular weight is 389 g/mol. The Labute approximate surface area is 151 Å². The van der Waals surface area contributed by atoms with E-state index in [4.69, 9.17) is 4.74 Å². The van der Waals surface area contributed by atoms with Crippen molar-refractivity contribution in [1.29, 1.82) is 0 Å². The van der Waals surface area contributed by atoms with Crippen LogP contribution in [-0.2, 0) is 6.54 Å². The van der Waals surface area contributed by atoms with Crippen LogP contribution in [-0.4, -0.2) is 42.1 Å². The third-order valence-electron chi connectivity index (χ3n) is 4.09. The smallest absolute Gasteiger partial charge is 0.410 e. The van der Waals surface area contributed by atoms with Crippen LogP contribution < -0.4 is 4.74 Å². The quantitative estimate of drug-likeness (QED) is 0.791. The van der Waals surface area contributed by atoms with Crippen LogP contribution in [0.5, 0.6) is 5.75 Å². The maximum Gasteiger partial charge on any atom is 0.415 e. The highest BCUT2D eigenvalue weighted by atomic mass is 79.9. The molecule has 1 amide bonds. The SMILES string of the molecule is O=C(Oc1ccccc1)N1CCCN(Cc2cccc(Br)c2)CC1. The molecule has 1 aliphatic heterocycles. The van der Waals surface area contributed by atoms with E-state index in [1.165, 1.54) is 5.56 Å². The minimum atomic E-state index is -0.259. The van der Waals surface area contributed by atoms with Gasteiger partial charge in [-0.2, -0.15) is 0 Å². The Morgan fingerprint density at radius 3 is 2.62 bits per heavy atom. The topological polar surface area (TPSA) is 32.8 Å². The Morgan fingerprint density at radius 2 is 1.83 bits per heavy atom. The maximum absolute atomic E-state index is 12.3. The Morgan fingerprint density at radius 1 is 1.00 bits per heavy atom. The molecule has 3 rings (SSSR count). The van der Waals surface area contributed by atoms with Gasteiger partial charge in [0.2, 0.25) is 0 Å². The highest BCUT2D eigenvalue weighted by Crippen LogP contribution is 2.16. The average Bonchev–Trinajstić information content (AvgIpc) is 2.81. The first kappa shape index (κ1) is 17.0. The first-order chi connectivity index (χ1) is 11.7. The first-order valence-corrected chi connectivity index (χ1v) is 8.98. The summed E-state index contributed by atoms with van der Waals surface area (Å²) in [5, 5.41) is 0. The van der Waals surface area contributed by atoms with Gasteiger partial charge in [0.15, 0.2) is 0 Å². The monoisotopic (exact) mass is 388 g/mol. The number of halogens is 1. The lowest BCUT2D eigenvalue weighted by Gasteiger charge is -2.21.